The van der Waals surface area contributed by atoms with E-state index in [0.717, 1.165) is 18.1 Å². The first kappa shape index (κ1) is 14.1. The molecule has 19 heavy (non-hydrogen) atoms. The van der Waals surface area contributed by atoms with Crippen LogP contribution in [0.25, 0.3) is 0 Å². The molecule has 1 aromatic rings. The molecule has 0 bridgehead atoms. The molecular formula is C14H21NO4. The van der Waals surface area contributed by atoms with Crippen molar-refractivity contribution < 1.29 is 19.1 Å². The Labute approximate surface area is 113 Å². The highest BCUT2D eigenvalue weighted by molar-refractivity contribution is 5.71. The van der Waals surface area contributed by atoms with Gasteiger partial charge in [-0.05, 0) is 32.5 Å². The fraction of sp³-hybridized carbons (Fsp3) is 0.643. The zero-order chi connectivity index (χ0) is 14.0. The quantitative estimate of drug-likeness (QED) is 0.884. The number of aliphatic carboxylic acids is 1. The van der Waals surface area contributed by atoms with Crippen molar-refractivity contribution in [3.05, 3.63) is 23.7 Å². The lowest BCUT2D eigenvalue weighted by atomic mass is 10.00. The lowest BCUT2D eigenvalue weighted by Gasteiger charge is -2.33. The van der Waals surface area contributed by atoms with Crippen LogP contribution in [-0.4, -0.2) is 41.8 Å². The fourth-order valence-electron chi connectivity index (χ4n) is 2.74. The van der Waals surface area contributed by atoms with Crippen molar-refractivity contribution in [2.45, 2.75) is 32.9 Å². The summed E-state index contributed by atoms with van der Waals surface area (Å²) in [4.78, 5) is 13.4. The lowest BCUT2D eigenvalue weighted by Crippen LogP contribution is -2.44. The molecule has 3 unspecified atom stereocenters. The largest absolute Gasteiger partial charge is 0.481 e. The summed E-state index contributed by atoms with van der Waals surface area (Å²) in [6.07, 6.45) is 0. The maximum Gasteiger partial charge on any atom is 0.310 e. The summed E-state index contributed by atoms with van der Waals surface area (Å²) in [6.45, 7) is 7.50. The number of carbonyl (C=O) groups is 1. The Morgan fingerprint density at radius 3 is 2.79 bits per heavy atom. The Kier molecular flexibility index (Phi) is 4.27. The molecule has 0 radical (unpaired) electrons. The molecule has 5 heteroatoms. The average Bonchev–Trinajstić information content (AvgIpc) is 2.98. The van der Waals surface area contributed by atoms with Crippen LogP contribution < -0.4 is 0 Å². The van der Waals surface area contributed by atoms with Gasteiger partial charge in [0.2, 0.25) is 0 Å². The predicted molar refractivity (Wildman–Crippen MR) is 70.0 cm³/mol. The van der Waals surface area contributed by atoms with Gasteiger partial charge >= 0.3 is 5.97 Å². The first-order chi connectivity index (χ1) is 9.04. The second-order valence-corrected chi connectivity index (χ2v) is 5.00. The molecule has 1 aliphatic heterocycles. The summed E-state index contributed by atoms with van der Waals surface area (Å²) in [5.41, 5.74) is 0. The monoisotopic (exact) mass is 267 g/mol. The van der Waals surface area contributed by atoms with Gasteiger partial charge in [-0.25, -0.2) is 0 Å². The smallest absolute Gasteiger partial charge is 0.310 e. The number of aryl methyl sites for hydroxylation is 1. The van der Waals surface area contributed by atoms with Gasteiger partial charge in [-0.3, -0.25) is 9.69 Å². The first-order valence-corrected chi connectivity index (χ1v) is 6.67. The Balaban J connectivity index is 2.17. The number of carboxylic acids is 1. The topological polar surface area (TPSA) is 62.9 Å². The highest BCUT2D eigenvalue weighted by Crippen LogP contribution is 2.29. The fourth-order valence-corrected chi connectivity index (χ4v) is 2.74. The number of nitrogens with zero attached hydrogens (tertiary/aromatic N) is 1. The van der Waals surface area contributed by atoms with Crippen LogP contribution in [0.5, 0.6) is 0 Å². The first-order valence-electron chi connectivity index (χ1n) is 6.67. The molecule has 1 N–H and O–H groups in total. The molecule has 1 saturated heterocycles. The van der Waals surface area contributed by atoms with Crippen molar-refractivity contribution in [1.82, 2.24) is 4.90 Å². The summed E-state index contributed by atoms with van der Waals surface area (Å²) in [6, 6.07) is 3.84. The third-order valence-electron chi connectivity index (χ3n) is 3.83. The molecule has 3 atom stereocenters. The van der Waals surface area contributed by atoms with E-state index in [1.54, 1.807) is 0 Å². The Morgan fingerprint density at radius 1 is 1.53 bits per heavy atom. The summed E-state index contributed by atoms with van der Waals surface area (Å²) in [7, 11) is 0. The third kappa shape index (κ3) is 2.82. The molecule has 0 aromatic carbocycles. The van der Waals surface area contributed by atoms with E-state index in [4.69, 9.17) is 9.15 Å². The van der Waals surface area contributed by atoms with Crippen molar-refractivity contribution in [1.29, 1.82) is 0 Å². The van der Waals surface area contributed by atoms with Crippen LogP contribution >= 0.6 is 0 Å². The number of hydrogen-bond acceptors (Lipinski definition) is 4. The molecule has 106 valence electrons. The lowest BCUT2D eigenvalue weighted by molar-refractivity contribution is -0.143. The summed E-state index contributed by atoms with van der Waals surface area (Å²) >= 11 is 0. The second-order valence-electron chi connectivity index (χ2n) is 5.00. The van der Waals surface area contributed by atoms with Gasteiger partial charge in [-0.15, -0.1) is 0 Å². The van der Waals surface area contributed by atoms with Crippen LogP contribution in [0.3, 0.4) is 0 Å². The van der Waals surface area contributed by atoms with Gasteiger partial charge in [-0.2, -0.15) is 0 Å². The molecule has 2 rings (SSSR count). The van der Waals surface area contributed by atoms with Crippen molar-refractivity contribution in [2.75, 3.05) is 19.8 Å². The van der Waals surface area contributed by atoms with E-state index in [-0.39, 0.29) is 12.1 Å². The maximum atomic E-state index is 11.3. The number of ether oxygens (including phenoxy) is 1. The number of furan rings is 1. The molecule has 0 saturated carbocycles. The molecular weight excluding hydrogens is 246 g/mol. The minimum absolute atomic E-state index is 0.0484. The van der Waals surface area contributed by atoms with Gasteiger partial charge < -0.3 is 14.3 Å². The highest BCUT2D eigenvalue weighted by atomic mass is 16.5. The van der Waals surface area contributed by atoms with Crippen molar-refractivity contribution in [3.8, 4) is 0 Å². The van der Waals surface area contributed by atoms with E-state index >= 15 is 0 Å². The van der Waals surface area contributed by atoms with Gasteiger partial charge in [0.05, 0.1) is 25.2 Å². The van der Waals surface area contributed by atoms with Crippen LogP contribution in [0.15, 0.2) is 16.5 Å². The van der Waals surface area contributed by atoms with Gasteiger partial charge in [0, 0.05) is 6.04 Å². The SMILES string of the molecule is CCN(C(C)c1ccc(C)o1)C1COCC1C(=O)O. The van der Waals surface area contributed by atoms with Crippen LogP contribution in [0, 0.1) is 12.8 Å². The Hall–Kier alpha value is -1.33. The second kappa shape index (κ2) is 5.75. The normalized spacial score (nSPS) is 24.8. The van der Waals surface area contributed by atoms with Crippen molar-refractivity contribution in [2.24, 2.45) is 5.92 Å². The van der Waals surface area contributed by atoms with E-state index < -0.39 is 11.9 Å². The van der Waals surface area contributed by atoms with Crippen LogP contribution in [0.4, 0.5) is 0 Å². The Bertz CT molecular complexity index is 442. The summed E-state index contributed by atoms with van der Waals surface area (Å²) < 4.78 is 11.0. The molecule has 1 fully saturated rings. The molecule has 0 aliphatic carbocycles. The standard InChI is InChI=1S/C14H21NO4/c1-4-15(10(3)13-6-5-9(2)19-13)12-8-18-7-11(12)14(16)17/h5-6,10-12H,4,7-8H2,1-3H3,(H,16,17). The molecule has 0 spiro atoms. The maximum absolute atomic E-state index is 11.3. The number of hydrogen-bond donors (Lipinski definition) is 1. The molecule has 1 aromatic heterocycles. The molecule has 5 nitrogen and oxygen atoms in total. The number of likely N-dealkylation sites (N-methyl/N-ethyl adjacent to an activating group) is 1. The van der Waals surface area contributed by atoms with E-state index in [9.17, 15) is 9.90 Å². The average molecular weight is 267 g/mol. The minimum atomic E-state index is -0.788. The van der Waals surface area contributed by atoms with Crippen molar-refractivity contribution in [3.63, 3.8) is 0 Å². The number of rotatable bonds is 5. The van der Waals surface area contributed by atoms with Crippen LogP contribution in [0.2, 0.25) is 0 Å². The molecule has 2 heterocycles. The molecule has 0 amide bonds. The number of carboxylic acid groups (broad SMARTS) is 1. The molecule has 1 aliphatic rings. The predicted octanol–water partition coefficient (Wildman–Crippen LogP) is 2.07. The van der Waals surface area contributed by atoms with Gasteiger partial charge in [0.15, 0.2) is 0 Å². The van der Waals surface area contributed by atoms with E-state index in [2.05, 4.69) is 4.90 Å². The van der Waals surface area contributed by atoms with Gasteiger partial charge in [0.25, 0.3) is 0 Å². The summed E-state index contributed by atoms with van der Waals surface area (Å²) in [5.74, 6) is 0.494. The highest BCUT2D eigenvalue weighted by Gasteiger charge is 2.39. The summed E-state index contributed by atoms with van der Waals surface area (Å²) in [5, 5.41) is 9.25. The van der Waals surface area contributed by atoms with E-state index in [1.165, 1.54) is 0 Å². The van der Waals surface area contributed by atoms with Crippen molar-refractivity contribution >= 4 is 5.97 Å². The van der Waals surface area contributed by atoms with Gasteiger partial charge in [-0.1, -0.05) is 6.92 Å². The minimum Gasteiger partial charge on any atom is -0.481 e. The van der Waals surface area contributed by atoms with E-state index in [0.29, 0.717) is 13.2 Å². The third-order valence-corrected chi connectivity index (χ3v) is 3.83. The zero-order valence-electron chi connectivity index (χ0n) is 11.6. The van der Waals surface area contributed by atoms with Crippen LogP contribution in [-0.2, 0) is 9.53 Å². The zero-order valence-corrected chi connectivity index (χ0v) is 11.6. The Morgan fingerprint density at radius 2 is 2.26 bits per heavy atom. The van der Waals surface area contributed by atoms with Gasteiger partial charge in [0.1, 0.15) is 11.5 Å². The van der Waals surface area contributed by atoms with E-state index in [1.807, 2.05) is 32.9 Å². The van der Waals surface area contributed by atoms with Crippen LogP contribution in [0.1, 0.15) is 31.4 Å².